The quantitative estimate of drug-likeness (QED) is 0.755. The topological polar surface area (TPSA) is 68.3 Å². The predicted octanol–water partition coefficient (Wildman–Crippen LogP) is 4.23. The van der Waals surface area contributed by atoms with Crippen molar-refractivity contribution in [1.29, 1.82) is 0 Å². The SMILES string of the molecule is C[C@H](OC(=O)c1cccnc1Sc1ccccc1)C(=O)NC1CCCCC1. The first-order chi connectivity index (χ1) is 13.1. The van der Waals surface area contributed by atoms with Crippen LogP contribution >= 0.6 is 11.8 Å². The minimum atomic E-state index is -0.839. The Bertz CT molecular complexity index is 776. The number of aromatic nitrogens is 1. The van der Waals surface area contributed by atoms with Gasteiger partial charge >= 0.3 is 5.97 Å². The van der Waals surface area contributed by atoms with Crippen molar-refractivity contribution in [2.45, 2.75) is 61.1 Å². The smallest absolute Gasteiger partial charge is 0.341 e. The van der Waals surface area contributed by atoms with Crippen LogP contribution in [0.3, 0.4) is 0 Å². The Hall–Kier alpha value is -2.34. The summed E-state index contributed by atoms with van der Waals surface area (Å²) in [5.41, 5.74) is 0.365. The highest BCUT2D eigenvalue weighted by Crippen LogP contribution is 2.28. The number of carbonyl (C=O) groups excluding carboxylic acids is 2. The molecule has 1 atom stereocenters. The first-order valence-electron chi connectivity index (χ1n) is 9.33. The van der Waals surface area contributed by atoms with Gasteiger partial charge in [0.25, 0.3) is 5.91 Å². The monoisotopic (exact) mass is 384 g/mol. The largest absolute Gasteiger partial charge is 0.449 e. The summed E-state index contributed by atoms with van der Waals surface area (Å²) in [7, 11) is 0. The third kappa shape index (κ3) is 5.57. The van der Waals surface area contributed by atoms with Crippen LogP contribution in [0.5, 0.6) is 0 Å². The first kappa shape index (κ1) is 19.4. The lowest BCUT2D eigenvalue weighted by Gasteiger charge is -2.24. The van der Waals surface area contributed by atoms with Crippen LogP contribution in [0.15, 0.2) is 58.6 Å². The van der Waals surface area contributed by atoms with Crippen molar-refractivity contribution >= 4 is 23.6 Å². The molecule has 1 N–H and O–H groups in total. The summed E-state index contributed by atoms with van der Waals surface area (Å²) in [5.74, 6) is -0.774. The van der Waals surface area contributed by atoms with E-state index >= 15 is 0 Å². The number of esters is 1. The predicted molar refractivity (Wildman–Crippen MR) is 105 cm³/mol. The van der Waals surface area contributed by atoms with E-state index in [1.807, 2.05) is 30.3 Å². The van der Waals surface area contributed by atoms with Crippen molar-refractivity contribution < 1.29 is 14.3 Å². The number of benzene rings is 1. The summed E-state index contributed by atoms with van der Waals surface area (Å²) in [6, 6.07) is 13.3. The van der Waals surface area contributed by atoms with Crippen LogP contribution in [-0.4, -0.2) is 29.0 Å². The molecular formula is C21H24N2O3S. The van der Waals surface area contributed by atoms with Gasteiger partial charge in [0.05, 0.1) is 5.56 Å². The van der Waals surface area contributed by atoms with Gasteiger partial charge < -0.3 is 10.1 Å². The van der Waals surface area contributed by atoms with Crippen LogP contribution in [0.25, 0.3) is 0 Å². The maximum atomic E-state index is 12.6. The van der Waals surface area contributed by atoms with Crippen LogP contribution < -0.4 is 5.32 Å². The van der Waals surface area contributed by atoms with Crippen LogP contribution in [0.4, 0.5) is 0 Å². The molecule has 0 spiro atoms. The second kappa shape index (κ2) is 9.55. The van der Waals surface area contributed by atoms with Gasteiger partial charge in [0.15, 0.2) is 6.10 Å². The van der Waals surface area contributed by atoms with Crippen molar-refractivity contribution in [3.8, 4) is 0 Å². The van der Waals surface area contributed by atoms with Crippen LogP contribution in [0.1, 0.15) is 49.4 Å². The standard InChI is InChI=1S/C21H24N2O3S/c1-15(19(24)23-16-9-4-2-5-10-16)26-21(25)18-13-8-14-22-20(18)27-17-11-6-3-7-12-17/h3,6-8,11-16H,2,4-5,9-10H2,1H3,(H,23,24)/t15-/m0/s1. The van der Waals surface area contributed by atoms with Gasteiger partial charge in [-0.15, -0.1) is 0 Å². The number of rotatable bonds is 6. The fraction of sp³-hybridized carbons (Fsp3) is 0.381. The van der Waals surface area contributed by atoms with Crippen molar-refractivity contribution in [2.75, 3.05) is 0 Å². The Balaban J connectivity index is 1.62. The van der Waals surface area contributed by atoms with Gasteiger partial charge in [0.2, 0.25) is 0 Å². The van der Waals surface area contributed by atoms with E-state index in [4.69, 9.17) is 4.74 Å². The van der Waals surface area contributed by atoms with E-state index in [1.54, 1.807) is 25.3 Å². The summed E-state index contributed by atoms with van der Waals surface area (Å²) in [4.78, 5) is 30.2. The summed E-state index contributed by atoms with van der Waals surface area (Å²) in [6.45, 7) is 1.61. The fourth-order valence-corrected chi connectivity index (χ4v) is 3.96. The van der Waals surface area contributed by atoms with Gasteiger partial charge in [0, 0.05) is 17.1 Å². The highest BCUT2D eigenvalue weighted by molar-refractivity contribution is 7.99. The molecule has 6 heteroatoms. The Labute approximate surface area is 163 Å². The molecule has 0 radical (unpaired) electrons. The first-order valence-corrected chi connectivity index (χ1v) is 10.1. The van der Waals surface area contributed by atoms with Crippen molar-refractivity contribution in [3.05, 3.63) is 54.2 Å². The van der Waals surface area contributed by atoms with Crippen LogP contribution in [-0.2, 0) is 9.53 Å². The van der Waals surface area contributed by atoms with E-state index in [1.165, 1.54) is 18.2 Å². The molecule has 3 rings (SSSR count). The van der Waals surface area contributed by atoms with Gasteiger partial charge in [-0.25, -0.2) is 9.78 Å². The molecule has 142 valence electrons. The molecule has 1 amide bonds. The van der Waals surface area contributed by atoms with Gasteiger partial charge in [-0.05, 0) is 44.0 Å². The number of nitrogens with one attached hydrogen (secondary N) is 1. The second-order valence-corrected chi connectivity index (χ2v) is 7.72. The lowest BCUT2D eigenvalue weighted by atomic mass is 9.95. The van der Waals surface area contributed by atoms with Crippen LogP contribution in [0, 0.1) is 0 Å². The minimum Gasteiger partial charge on any atom is -0.449 e. The number of amides is 1. The van der Waals surface area contributed by atoms with E-state index in [2.05, 4.69) is 10.3 Å². The lowest BCUT2D eigenvalue weighted by Crippen LogP contribution is -2.42. The van der Waals surface area contributed by atoms with E-state index in [0.29, 0.717) is 10.6 Å². The molecule has 0 unspecified atom stereocenters. The molecule has 1 heterocycles. The minimum absolute atomic E-state index is 0.190. The van der Waals surface area contributed by atoms with Crippen LogP contribution in [0.2, 0.25) is 0 Å². The zero-order chi connectivity index (χ0) is 19.1. The average Bonchev–Trinajstić information content (AvgIpc) is 2.70. The zero-order valence-corrected chi connectivity index (χ0v) is 16.2. The molecule has 1 saturated carbocycles. The summed E-state index contributed by atoms with van der Waals surface area (Å²) in [6.07, 6.45) is 6.28. The molecule has 1 aliphatic carbocycles. The number of pyridine rings is 1. The Morgan fingerprint density at radius 2 is 1.85 bits per heavy atom. The molecule has 1 aromatic heterocycles. The maximum absolute atomic E-state index is 12.6. The third-order valence-electron chi connectivity index (χ3n) is 4.55. The van der Waals surface area contributed by atoms with E-state index in [0.717, 1.165) is 30.6 Å². The number of hydrogen-bond acceptors (Lipinski definition) is 5. The molecule has 0 saturated heterocycles. The van der Waals surface area contributed by atoms with Crippen molar-refractivity contribution in [1.82, 2.24) is 10.3 Å². The average molecular weight is 385 g/mol. The van der Waals surface area contributed by atoms with Gasteiger partial charge in [-0.3, -0.25) is 4.79 Å². The summed E-state index contributed by atoms with van der Waals surface area (Å²) in [5, 5.41) is 3.56. The Morgan fingerprint density at radius 3 is 2.59 bits per heavy atom. The maximum Gasteiger partial charge on any atom is 0.341 e. The summed E-state index contributed by atoms with van der Waals surface area (Å²) >= 11 is 1.39. The highest BCUT2D eigenvalue weighted by Gasteiger charge is 2.24. The molecule has 1 aromatic carbocycles. The molecule has 0 aliphatic heterocycles. The number of carbonyl (C=O) groups is 2. The molecule has 27 heavy (non-hydrogen) atoms. The Morgan fingerprint density at radius 1 is 1.11 bits per heavy atom. The number of ether oxygens (including phenoxy) is 1. The molecule has 5 nitrogen and oxygen atoms in total. The molecule has 2 aromatic rings. The second-order valence-electron chi connectivity index (χ2n) is 6.66. The van der Waals surface area contributed by atoms with E-state index < -0.39 is 12.1 Å². The van der Waals surface area contributed by atoms with Gasteiger partial charge in [-0.1, -0.05) is 49.2 Å². The number of hydrogen-bond donors (Lipinski definition) is 1. The third-order valence-corrected chi connectivity index (χ3v) is 5.58. The van der Waals surface area contributed by atoms with E-state index in [9.17, 15) is 9.59 Å². The van der Waals surface area contributed by atoms with Gasteiger partial charge in [-0.2, -0.15) is 0 Å². The molecular weight excluding hydrogens is 360 g/mol. The zero-order valence-electron chi connectivity index (χ0n) is 15.4. The highest BCUT2D eigenvalue weighted by atomic mass is 32.2. The van der Waals surface area contributed by atoms with Gasteiger partial charge in [0.1, 0.15) is 5.03 Å². The molecule has 1 aliphatic rings. The van der Waals surface area contributed by atoms with Crippen molar-refractivity contribution in [2.24, 2.45) is 0 Å². The fourth-order valence-electron chi connectivity index (χ4n) is 3.07. The normalized spacial score (nSPS) is 15.7. The summed E-state index contributed by atoms with van der Waals surface area (Å²) < 4.78 is 5.41. The Kier molecular flexibility index (Phi) is 6.87. The number of nitrogens with zero attached hydrogens (tertiary/aromatic N) is 1. The van der Waals surface area contributed by atoms with E-state index in [-0.39, 0.29) is 11.9 Å². The molecule has 0 bridgehead atoms. The lowest BCUT2D eigenvalue weighted by molar-refractivity contribution is -0.130. The molecule has 1 fully saturated rings. The van der Waals surface area contributed by atoms with Crippen molar-refractivity contribution in [3.63, 3.8) is 0 Å².